The van der Waals surface area contributed by atoms with E-state index in [2.05, 4.69) is 16.0 Å². The van der Waals surface area contributed by atoms with Crippen LogP contribution in [0.15, 0.2) is 18.2 Å². The number of hydrogen-bond donors (Lipinski definition) is 3. The summed E-state index contributed by atoms with van der Waals surface area (Å²) in [5.74, 6) is -0.788. The number of carbonyl (C=O) groups excluding carboxylic acids is 3. The van der Waals surface area contributed by atoms with Crippen LogP contribution in [0.5, 0.6) is 0 Å². The van der Waals surface area contributed by atoms with Gasteiger partial charge in [-0.2, -0.15) is 0 Å². The zero-order valence-electron chi connectivity index (χ0n) is 15.1. The van der Waals surface area contributed by atoms with Gasteiger partial charge in [0, 0.05) is 44.7 Å². The van der Waals surface area contributed by atoms with Crippen molar-refractivity contribution in [3.8, 4) is 0 Å². The second kappa shape index (κ2) is 7.75. The lowest BCUT2D eigenvalue weighted by atomic mass is 10.0. The average molecular weight is 372 g/mol. The first-order valence-electron chi connectivity index (χ1n) is 9.41. The molecule has 0 spiro atoms. The first-order chi connectivity index (χ1) is 13.1. The van der Waals surface area contributed by atoms with Gasteiger partial charge in [-0.3, -0.25) is 19.7 Å². The Morgan fingerprint density at radius 1 is 1.22 bits per heavy atom. The van der Waals surface area contributed by atoms with Gasteiger partial charge in [-0.1, -0.05) is 12.1 Å². The van der Waals surface area contributed by atoms with E-state index in [1.54, 1.807) is 4.90 Å². The van der Waals surface area contributed by atoms with Gasteiger partial charge in [-0.05, 0) is 23.6 Å². The molecule has 144 valence electrons. The molecule has 0 bridgehead atoms. The number of nitrogens with zero attached hydrogens (tertiary/aromatic N) is 1. The molecule has 3 aliphatic heterocycles. The van der Waals surface area contributed by atoms with E-state index in [1.165, 1.54) is 0 Å². The van der Waals surface area contributed by atoms with Crippen molar-refractivity contribution < 1.29 is 19.1 Å². The van der Waals surface area contributed by atoms with Crippen molar-refractivity contribution in [1.82, 2.24) is 20.9 Å². The lowest BCUT2D eigenvalue weighted by Gasteiger charge is -2.29. The Morgan fingerprint density at radius 3 is 2.81 bits per heavy atom. The van der Waals surface area contributed by atoms with Crippen molar-refractivity contribution >= 4 is 17.7 Å². The van der Waals surface area contributed by atoms with Crippen molar-refractivity contribution in [2.75, 3.05) is 26.2 Å². The van der Waals surface area contributed by atoms with Crippen LogP contribution in [0.2, 0.25) is 0 Å². The fourth-order valence-corrected chi connectivity index (χ4v) is 3.62. The molecule has 3 heterocycles. The van der Waals surface area contributed by atoms with Gasteiger partial charge < -0.3 is 20.3 Å². The van der Waals surface area contributed by atoms with Crippen molar-refractivity contribution in [3.05, 3.63) is 34.9 Å². The van der Waals surface area contributed by atoms with E-state index in [-0.39, 0.29) is 24.1 Å². The van der Waals surface area contributed by atoms with E-state index in [1.807, 2.05) is 18.2 Å². The highest BCUT2D eigenvalue weighted by Gasteiger charge is 2.39. The Balaban J connectivity index is 1.32. The molecule has 1 aromatic carbocycles. The van der Waals surface area contributed by atoms with E-state index in [0.717, 1.165) is 30.8 Å². The summed E-state index contributed by atoms with van der Waals surface area (Å²) in [4.78, 5) is 37.8. The molecule has 2 saturated heterocycles. The third-order valence-corrected chi connectivity index (χ3v) is 5.30. The molecule has 4 rings (SSSR count). The molecule has 0 radical (unpaired) electrons. The number of amides is 3. The summed E-state index contributed by atoms with van der Waals surface area (Å²) in [6.07, 6.45) is 0.989. The third kappa shape index (κ3) is 3.87. The van der Waals surface area contributed by atoms with Gasteiger partial charge >= 0.3 is 0 Å². The summed E-state index contributed by atoms with van der Waals surface area (Å²) in [5.41, 5.74) is 2.60. The molecule has 1 unspecified atom stereocenters. The van der Waals surface area contributed by atoms with Crippen LogP contribution in [0.1, 0.15) is 34.3 Å². The van der Waals surface area contributed by atoms with Gasteiger partial charge in [0.25, 0.3) is 5.91 Å². The average Bonchev–Trinajstić information content (AvgIpc) is 2.93. The highest BCUT2D eigenvalue weighted by Crippen LogP contribution is 2.28. The van der Waals surface area contributed by atoms with Crippen molar-refractivity contribution in [3.63, 3.8) is 0 Å². The number of carbonyl (C=O) groups is 3. The van der Waals surface area contributed by atoms with Crippen LogP contribution in [0.3, 0.4) is 0 Å². The standard InChI is InChI=1S/C19H24N4O4/c24-17-4-3-16(18(25)22-17)23-11-13-2-1-12(7-15(13)19(23)26)8-20-5-6-27-14-9-21-10-14/h1-2,7,14,16,20-21H,3-6,8-11H2,(H,22,24,25). The summed E-state index contributed by atoms with van der Waals surface area (Å²) in [7, 11) is 0. The van der Waals surface area contributed by atoms with Gasteiger partial charge in [0.05, 0.1) is 12.7 Å². The third-order valence-electron chi connectivity index (χ3n) is 5.30. The zero-order chi connectivity index (χ0) is 18.8. The molecule has 2 fully saturated rings. The van der Waals surface area contributed by atoms with E-state index >= 15 is 0 Å². The zero-order valence-corrected chi connectivity index (χ0v) is 15.1. The molecule has 8 heteroatoms. The fraction of sp³-hybridized carbons (Fsp3) is 0.526. The Kier molecular flexibility index (Phi) is 5.20. The monoisotopic (exact) mass is 372 g/mol. The summed E-state index contributed by atoms with van der Waals surface area (Å²) >= 11 is 0. The first kappa shape index (κ1) is 18.1. The number of imide groups is 1. The van der Waals surface area contributed by atoms with E-state index < -0.39 is 6.04 Å². The van der Waals surface area contributed by atoms with E-state index in [0.29, 0.717) is 37.8 Å². The van der Waals surface area contributed by atoms with Gasteiger partial charge in [0.15, 0.2) is 0 Å². The predicted molar refractivity (Wildman–Crippen MR) is 96.8 cm³/mol. The Labute approximate surface area is 157 Å². The lowest BCUT2D eigenvalue weighted by Crippen LogP contribution is -2.52. The number of fused-ring (bicyclic) bond motifs is 1. The van der Waals surface area contributed by atoms with Gasteiger partial charge in [0.2, 0.25) is 11.8 Å². The molecule has 0 saturated carbocycles. The largest absolute Gasteiger partial charge is 0.374 e. The molecule has 3 amide bonds. The summed E-state index contributed by atoms with van der Waals surface area (Å²) in [6.45, 7) is 4.35. The summed E-state index contributed by atoms with van der Waals surface area (Å²) in [6, 6.07) is 5.28. The van der Waals surface area contributed by atoms with Crippen LogP contribution in [0.4, 0.5) is 0 Å². The molecule has 0 aliphatic carbocycles. The predicted octanol–water partition coefficient (Wildman–Crippen LogP) is -0.474. The fourth-order valence-electron chi connectivity index (χ4n) is 3.62. The molecule has 3 aliphatic rings. The molecule has 0 aromatic heterocycles. The van der Waals surface area contributed by atoms with Crippen molar-refractivity contribution in [2.24, 2.45) is 0 Å². The maximum Gasteiger partial charge on any atom is 0.255 e. The van der Waals surface area contributed by atoms with Crippen LogP contribution in [-0.2, 0) is 27.4 Å². The molecule has 27 heavy (non-hydrogen) atoms. The number of ether oxygens (including phenoxy) is 1. The maximum atomic E-state index is 12.8. The second-order valence-corrected chi connectivity index (χ2v) is 7.22. The quantitative estimate of drug-likeness (QED) is 0.442. The maximum absolute atomic E-state index is 12.8. The Hall–Kier alpha value is -2.29. The van der Waals surface area contributed by atoms with E-state index in [4.69, 9.17) is 4.74 Å². The number of hydrogen-bond acceptors (Lipinski definition) is 6. The lowest BCUT2D eigenvalue weighted by molar-refractivity contribution is -0.136. The minimum atomic E-state index is -0.567. The molecule has 8 nitrogen and oxygen atoms in total. The van der Waals surface area contributed by atoms with Crippen molar-refractivity contribution in [2.45, 2.75) is 38.1 Å². The van der Waals surface area contributed by atoms with E-state index in [9.17, 15) is 14.4 Å². The highest BCUT2D eigenvalue weighted by molar-refractivity contribution is 6.05. The minimum Gasteiger partial charge on any atom is -0.374 e. The Bertz CT molecular complexity index is 762. The smallest absolute Gasteiger partial charge is 0.255 e. The SMILES string of the molecule is O=C1CCC(N2Cc3ccc(CNCCOC4CNC4)cc3C2=O)C(=O)N1. The highest BCUT2D eigenvalue weighted by atomic mass is 16.5. The number of piperidine rings is 1. The van der Waals surface area contributed by atoms with Crippen molar-refractivity contribution in [1.29, 1.82) is 0 Å². The normalized spacial score (nSPS) is 22.6. The van der Waals surface area contributed by atoms with Crippen LogP contribution in [0, 0.1) is 0 Å². The Morgan fingerprint density at radius 2 is 2.07 bits per heavy atom. The molecular formula is C19H24N4O4. The van der Waals surface area contributed by atoms with Gasteiger partial charge in [-0.25, -0.2) is 0 Å². The number of rotatable bonds is 7. The first-order valence-corrected chi connectivity index (χ1v) is 9.41. The summed E-state index contributed by atoms with van der Waals surface area (Å²) < 4.78 is 5.66. The van der Waals surface area contributed by atoms with Crippen LogP contribution in [0.25, 0.3) is 0 Å². The number of nitrogens with one attached hydrogen (secondary N) is 3. The number of benzene rings is 1. The minimum absolute atomic E-state index is 0.137. The van der Waals surface area contributed by atoms with Crippen LogP contribution in [-0.4, -0.2) is 61.0 Å². The molecule has 1 atom stereocenters. The van der Waals surface area contributed by atoms with Crippen LogP contribution >= 0.6 is 0 Å². The topological polar surface area (TPSA) is 99.8 Å². The second-order valence-electron chi connectivity index (χ2n) is 7.22. The van der Waals surface area contributed by atoms with Crippen LogP contribution < -0.4 is 16.0 Å². The van der Waals surface area contributed by atoms with Gasteiger partial charge in [-0.15, -0.1) is 0 Å². The molecular weight excluding hydrogens is 348 g/mol. The molecule has 1 aromatic rings. The van der Waals surface area contributed by atoms with Gasteiger partial charge in [0.1, 0.15) is 6.04 Å². The molecule has 3 N–H and O–H groups in total. The summed E-state index contributed by atoms with van der Waals surface area (Å²) in [5, 5.41) is 8.81.